The molecule has 7 nitrogen and oxygen atoms in total. The fraction of sp³-hybridized carbons (Fsp3) is 0.318. The second-order valence-electron chi connectivity index (χ2n) is 7.13. The maximum atomic E-state index is 12.3. The lowest BCUT2D eigenvalue weighted by atomic mass is 10.1. The van der Waals surface area contributed by atoms with E-state index in [0.29, 0.717) is 24.3 Å². The molecular weight excluding hydrogens is 370 g/mol. The van der Waals surface area contributed by atoms with Gasteiger partial charge in [0.15, 0.2) is 6.61 Å². The van der Waals surface area contributed by atoms with Crippen LogP contribution in [0.5, 0.6) is 5.75 Å². The highest BCUT2D eigenvalue weighted by atomic mass is 16.5. The topological polar surface area (TPSA) is 87.7 Å². The number of carbonyl (C=O) groups is 3. The van der Waals surface area contributed by atoms with Crippen molar-refractivity contribution < 1.29 is 19.1 Å². The van der Waals surface area contributed by atoms with E-state index < -0.39 is 11.8 Å². The van der Waals surface area contributed by atoms with Crippen molar-refractivity contribution in [2.75, 3.05) is 13.2 Å². The van der Waals surface area contributed by atoms with Gasteiger partial charge in [-0.25, -0.2) is 0 Å². The molecule has 29 heavy (non-hydrogen) atoms. The van der Waals surface area contributed by atoms with Crippen LogP contribution in [0.2, 0.25) is 0 Å². The number of nitrogens with zero attached hydrogens (tertiary/aromatic N) is 1. The average Bonchev–Trinajstić information content (AvgIpc) is 3.10. The fourth-order valence-electron chi connectivity index (χ4n) is 3.30. The molecule has 2 N–H and O–H groups in total. The Balaban J connectivity index is 1.50. The summed E-state index contributed by atoms with van der Waals surface area (Å²) in [7, 11) is 0. The molecular formula is C22H25N3O4. The van der Waals surface area contributed by atoms with Gasteiger partial charge < -0.3 is 9.64 Å². The van der Waals surface area contributed by atoms with Gasteiger partial charge in [0.1, 0.15) is 5.75 Å². The minimum Gasteiger partial charge on any atom is -0.483 e. The SMILES string of the molecule is Cc1cccc(C)c1OCC(=O)NNC(=O)c1cccc(CN2CCCC2=O)c1. The number of amides is 3. The zero-order valence-electron chi connectivity index (χ0n) is 16.7. The van der Waals surface area contributed by atoms with Crippen molar-refractivity contribution in [2.24, 2.45) is 0 Å². The lowest BCUT2D eigenvalue weighted by Gasteiger charge is -2.16. The van der Waals surface area contributed by atoms with Crippen molar-refractivity contribution in [2.45, 2.75) is 33.2 Å². The maximum absolute atomic E-state index is 12.3. The largest absolute Gasteiger partial charge is 0.483 e. The number of rotatable bonds is 6. The highest BCUT2D eigenvalue weighted by Gasteiger charge is 2.20. The molecule has 1 aliphatic heterocycles. The molecule has 0 aliphatic carbocycles. The Morgan fingerprint density at radius 2 is 1.79 bits per heavy atom. The standard InChI is InChI=1S/C22H25N3O4/c1-15-6-3-7-16(2)21(15)29-14-19(26)23-24-22(28)18-9-4-8-17(12-18)13-25-11-5-10-20(25)27/h3-4,6-9,12H,5,10-11,13-14H2,1-2H3,(H,23,26)(H,24,28). The van der Waals surface area contributed by atoms with Crippen molar-refractivity contribution in [1.82, 2.24) is 15.8 Å². The zero-order valence-corrected chi connectivity index (χ0v) is 16.7. The van der Waals surface area contributed by atoms with Crippen LogP contribution in [0, 0.1) is 13.8 Å². The molecule has 0 saturated carbocycles. The first-order valence-corrected chi connectivity index (χ1v) is 9.59. The molecule has 0 unspecified atom stereocenters. The van der Waals surface area contributed by atoms with Gasteiger partial charge in [-0.15, -0.1) is 0 Å². The third-order valence-corrected chi connectivity index (χ3v) is 4.81. The van der Waals surface area contributed by atoms with Crippen LogP contribution in [0.4, 0.5) is 0 Å². The number of aryl methyl sites for hydroxylation is 2. The van der Waals surface area contributed by atoms with Crippen molar-refractivity contribution in [3.05, 3.63) is 64.7 Å². The number of benzene rings is 2. The molecule has 1 aliphatic rings. The highest BCUT2D eigenvalue weighted by molar-refractivity contribution is 5.95. The molecule has 1 fully saturated rings. The number of carbonyl (C=O) groups excluding carboxylic acids is 3. The summed E-state index contributed by atoms with van der Waals surface area (Å²) in [5, 5.41) is 0. The van der Waals surface area contributed by atoms with Gasteiger partial charge in [-0.05, 0) is 49.1 Å². The summed E-state index contributed by atoms with van der Waals surface area (Å²) < 4.78 is 5.57. The molecule has 0 atom stereocenters. The molecule has 3 amide bonds. The van der Waals surface area contributed by atoms with Crippen LogP contribution in [0.15, 0.2) is 42.5 Å². The smallest absolute Gasteiger partial charge is 0.276 e. The van der Waals surface area contributed by atoms with Gasteiger partial charge in [0.2, 0.25) is 5.91 Å². The Morgan fingerprint density at radius 1 is 1.07 bits per heavy atom. The van der Waals surface area contributed by atoms with E-state index in [0.717, 1.165) is 29.7 Å². The molecule has 0 spiro atoms. The second-order valence-corrected chi connectivity index (χ2v) is 7.13. The summed E-state index contributed by atoms with van der Waals surface area (Å²) in [4.78, 5) is 37.9. The zero-order chi connectivity index (χ0) is 20.8. The van der Waals surface area contributed by atoms with E-state index in [4.69, 9.17) is 4.74 Å². The van der Waals surface area contributed by atoms with Crippen molar-refractivity contribution in [1.29, 1.82) is 0 Å². The van der Waals surface area contributed by atoms with Gasteiger partial charge in [0, 0.05) is 25.1 Å². The molecule has 1 saturated heterocycles. The Labute approximate surface area is 170 Å². The van der Waals surface area contributed by atoms with Gasteiger partial charge in [-0.2, -0.15) is 0 Å². The first-order chi connectivity index (χ1) is 13.9. The first kappa shape index (κ1) is 20.4. The lowest BCUT2D eigenvalue weighted by molar-refractivity contribution is -0.128. The number of hydrogen-bond donors (Lipinski definition) is 2. The summed E-state index contributed by atoms with van der Waals surface area (Å²) in [5.41, 5.74) is 7.92. The average molecular weight is 395 g/mol. The number of likely N-dealkylation sites (tertiary alicyclic amines) is 1. The van der Waals surface area contributed by atoms with Gasteiger partial charge in [-0.1, -0.05) is 30.3 Å². The Bertz CT molecular complexity index is 906. The molecule has 0 radical (unpaired) electrons. The van der Waals surface area contributed by atoms with Crippen LogP contribution >= 0.6 is 0 Å². The third-order valence-electron chi connectivity index (χ3n) is 4.81. The third kappa shape index (κ3) is 5.34. The quantitative estimate of drug-likeness (QED) is 0.735. The molecule has 7 heteroatoms. The molecule has 1 heterocycles. The van der Waals surface area contributed by atoms with E-state index in [-0.39, 0.29) is 12.5 Å². The minimum absolute atomic E-state index is 0.135. The number of hydrogen-bond acceptors (Lipinski definition) is 4. The molecule has 0 aromatic heterocycles. The van der Waals surface area contributed by atoms with Crippen LogP contribution in [0.25, 0.3) is 0 Å². The van der Waals surface area contributed by atoms with Crippen LogP contribution in [-0.4, -0.2) is 35.8 Å². The van der Waals surface area contributed by atoms with E-state index in [9.17, 15) is 14.4 Å². The normalized spacial score (nSPS) is 13.3. The van der Waals surface area contributed by atoms with Gasteiger partial charge in [0.25, 0.3) is 11.8 Å². The summed E-state index contributed by atoms with van der Waals surface area (Å²) in [6.07, 6.45) is 1.45. The predicted molar refractivity (Wildman–Crippen MR) is 108 cm³/mol. The number of para-hydroxylation sites is 1. The minimum atomic E-state index is -0.458. The van der Waals surface area contributed by atoms with E-state index in [1.807, 2.05) is 38.1 Å². The Morgan fingerprint density at radius 3 is 2.48 bits per heavy atom. The lowest BCUT2D eigenvalue weighted by Crippen LogP contribution is -2.43. The molecule has 0 bridgehead atoms. The van der Waals surface area contributed by atoms with E-state index in [1.165, 1.54) is 0 Å². The van der Waals surface area contributed by atoms with Crippen molar-refractivity contribution >= 4 is 17.7 Å². The number of nitrogens with one attached hydrogen (secondary N) is 2. The van der Waals surface area contributed by atoms with Crippen LogP contribution in [0.3, 0.4) is 0 Å². The van der Waals surface area contributed by atoms with Crippen molar-refractivity contribution in [3.8, 4) is 5.75 Å². The predicted octanol–water partition coefficient (Wildman–Crippen LogP) is 2.27. The van der Waals surface area contributed by atoms with E-state index in [1.54, 1.807) is 23.1 Å². The molecule has 152 valence electrons. The Hall–Kier alpha value is -3.35. The number of ether oxygens (including phenoxy) is 1. The summed E-state index contributed by atoms with van der Waals surface area (Å²) in [6.45, 7) is 4.83. The highest BCUT2D eigenvalue weighted by Crippen LogP contribution is 2.22. The molecule has 2 aromatic carbocycles. The van der Waals surface area contributed by atoms with E-state index in [2.05, 4.69) is 10.9 Å². The summed E-state index contributed by atoms with van der Waals surface area (Å²) >= 11 is 0. The first-order valence-electron chi connectivity index (χ1n) is 9.59. The van der Waals surface area contributed by atoms with Crippen molar-refractivity contribution in [3.63, 3.8) is 0 Å². The summed E-state index contributed by atoms with van der Waals surface area (Å²) in [5.74, 6) is -0.0889. The fourth-order valence-corrected chi connectivity index (χ4v) is 3.30. The van der Waals surface area contributed by atoms with Crippen LogP contribution < -0.4 is 15.6 Å². The van der Waals surface area contributed by atoms with Crippen LogP contribution in [-0.2, 0) is 16.1 Å². The van der Waals surface area contributed by atoms with Gasteiger partial charge in [-0.3, -0.25) is 25.2 Å². The number of hydrazine groups is 1. The van der Waals surface area contributed by atoms with E-state index >= 15 is 0 Å². The second kappa shape index (κ2) is 9.23. The van der Waals surface area contributed by atoms with Crippen LogP contribution in [0.1, 0.15) is 39.9 Å². The van der Waals surface area contributed by atoms with Gasteiger partial charge >= 0.3 is 0 Å². The molecule has 3 rings (SSSR count). The monoisotopic (exact) mass is 395 g/mol. The molecule has 2 aromatic rings. The summed E-state index contributed by atoms with van der Waals surface area (Å²) in [6, 6.07) is 12.8. The Kier molecular flexibility index (Phi) is 6.49. The maximum Gasteiger partial charge on any atom is 0.276 e. The van der Waals surface area contributed by atoms with Gasteiger partial charge in [0.05, 0.1) is 0 Å².